The summed E-state index contributed by atoms with van der Waals surface area (Å²) in [7, 11) is 0. The Morgan fingerprint density at radius 2 is 1.47 bits per heavy atom. The van der Waals surface area contributed by atoms with Gasteiger partial charge in [-0.15, -0.1) is 0 Å². The zero-order valence-electron chi connectivity index (χ0n) is 10.3. The summed E-state index contributed by atoms with van der Waals surface area (Å²) in [4.78, 5) is 0. The molecule has 0 amide bonds. The molecule has 0 atom stereocenters. The van der Waals surface area contributed by atoms with E-state index in [1.54, 1.807) is 38.5 Å². The van der Waals surface area contributed by atoms with Crippen molar-refractivity contribution in [3.8, 4) is 0 Å². The summed E-state index contributed by atoms with van der Waals surface area (Å²) in [5, 5.41) is 0. The normalized spacial score (nSPS) is 46.9. The van der Waals surface area contributed by atoms with Crippen LogP contribution in [-0.4, -0.2) is 0 Å². The van der Waals surface area contributed by atoms with Crippen LogP contribution in [0.3, 0.4) is 0 Å². The van der Waals surface area contributed by atoms with E-state index in [1.807, 2.05) is 0 Å². The molecule has 4 fully saturated rings. The highest BCUT2D eigenvalue weighted by molar-refractivity contribution is 5.06. The predicted octanol–water partition coefficient (Wildman–Crippen LogP) is 4.56. The Balaban J connectivity index is 1.78. The largest absolute Gasteiger partial charge is 0.0853 e. The molecule has 0 saturated heterocycles. The maximum Gasteiger partial charge on any atom is -0.0255 e. The molecule has 4 aliphatic rings. The summed E-state index contributed by atoms with van der Waals surface area (Å²) in [6.07, 6.45) is 13.3. The van der Waals surface area contributed by atoms with Gasteiger partial charge in [-0.2, -0.15) is 0 Å². The summed E-state index contributed by atoms with van der Waals surface area (Å²) < 4.78 is 0. The van der Waals surface area contributed by atoms with Crippen molar-refractivity contribution < 1.29 is 0 Å². The molecule has 0 heteroatoms. The van der Waals surface area contributed by atoms with Crippen molar-refractivity contribution in [3.63, 3.8) is 0 Å². The lowest BCUT2D eigenvalue weighted by Gasteiger charge is -2.56. The van der Waals surface area contributed by atoms with Crippen molar-refractivity contribution in [1.29, 1.82) is 0 Å². The van der Waals surface area contributed by atoms with E-state index in [4.69, 9.17) is 0 Å². The van der Waals surface area contributed by atoms with Gasteiger partial charge < -0.3 is 0 Å². The fourth-order valence-corrected chi connectivity index (χ4v) is 4.96. The van der Waals surface area contributed by atoms with Crippen LogP contribution >= 0.6 is 0 Å². The Hall–Kier alpha value is -0.260. The van der Waals surface area contributed by atoms with E-state index < -0.39 is 0 Å². The highest BCUT2D eigenvalue weighted by Gasteiger charge is 2.49. The van der Waals surface area contributed by atoms with Crippen molar-refractivity contribution in [2.45, 2.75) is 58.8 Å². The van der Waals surface area contributed by atoms with Gasteiger partial charge in [0.05, 0.1) is 0 Å². The first-order chi connectivity index (χ1) is 7.15. The van der Waals surface area contributed by atoms with Gasteiger partial charge in [0.2, 0.25) is 0 Å². The van der Waals surface area contributed by atoms with Crippen LogP contribution in [0.25, 0.3) is 0 Å². The smallest absolute Gasteiger partial charge is 0.0255 e. The molecule has 0 aliphatic heterocycles. The maximum absolute atomic E-state index is 2.51. The molecule has 0 unspecified atom stereocenters. The fraction of sp³-hybridized carbons (Fsp3) is 0.867. The lowest BCUT2D eigenvalue weighted by Crippen LogP contribution is -2.45. The lowest BCUT2D eigenvalue weighted by molar-refractivity contribution is -0.0507. The first kappa shape index (κ1) is 9.93. The van der Waals surface area contributed by atoms with Crippen LogP contribution in [0.1, 0.15) is 58.8 Å². The zero-order chi connectivity index (χ0) is 10.5. The van der Waals surface area contributed by atoms with Gasteiger partial charge in [0.25, 0.3) is 0 Å². The molecule has 4 bridgehead atoms. The highest BCUT2D eigenvalue weighted by Crippen LogP contribution is 2.61. The minimum atomic E-state index is 0.756. The van der Waals surface area contributed by atoms with E-state index in [9.17, 15) is 0 Å². The van der Waals surface area contributed by atoms with Gasteiger partial charge >= 0.3 is 0 Å². The van der Waals surface area contributed by atoms with Crippen LogP contribution in [0.2, 0.25) is 0 Å². The molecule has 15 heavy (non-hydrogen) atoms. The number of hydrogen-bond donors (Lipinski definition) is 0. The van der Waals surface area contributed by atoms with Crippen LogP contribution < -0.4 is 0 Å². The maximum atomic E-state index is 2.51. The third kappa shape index (κ3) is 1.77. The van der Waals surface area contributed by atoms with Gasteiger partial charge in [0.15, 0.2) is 0 Å². The Labute approximate surface area is 94.1 Å². The number of allylic oxidation sites excluding steroid dienone is 2. The molecule has 0 aromatic heterocycles. The van der Waals surface area contributed by atoms with Crippen LogP contribution in [0.5, 0.6) is 0 Å². The summed E-state index contributed by atoms with van der Waals surface area (Å²) in [6, 6.07) is 0. The molecule has 0 heterocycles. The van der Waals surface area contributed by atoms with Gasteiger partial charge in [-0.3, -0.25) is 0 Å². The minimum absolute atomic E-state index is 0.756. The van der Waals surface area contributed by atoms with Crippen LogP contribution in [-0.2, 0) is 0 Å². The quantitative estimate of drug-likeness (QED) is 0.578. The first-order valence-corrected chi connectivity index (χ1v) is 6.79. The molecular weight excluding hydrogens is 180 g/mol. The molecular formula is C15H24. The fourth-order valence-electron chi connectivity index (χ4n) is 4.96. The van der Waals surface area contributed by atoms with Gasteiger partial charge in [0.1, 0.15) is 0 Å². The molecule has 0 aromatic carbocycles. The second kappa shape index (κ2) is 3.37. The zero-order valence-corrected chi connectivity index (χ0v) is 10.3. The Morgan fingerprint density at radius 1 is 1.00 bits per heavy atom. The van der Waals surface area contributed by atoms with E-state index in [-0.39, 0.29) is 0 Å². The van der Waals surface area contributed by atoms with E-state index >= 15 is 0 Å². The Morgan fingerprint density at radius 3 is 1.87 bits per heavy atom. The molecule has 4 saturated carbocycles. The number of rotatable bonds is 2. The molecule has 0 nitrogen and oxygen atoms in total. The van der Waals surface area contributed by atoms with Crippen molar-refractivity contribution >= 4 is 0 Å². The van der Waals surface area contributed by atoms with Crippen molar-refractivity contribution in [1.82, 2.24) is 0 Å². The number of hydrogen-bond acceptors (Lipinski definition) is 0. The van der Waals surface area contributed by atoms with Crippen molar-refractivity contribution in [2.75, 3.05) is 0 Å². The third-order valence-electron chi connectivity index (χ3n) is 5.11. The molecule has 4 aliphatic carbocycles. The SMILES string of the molecule is CC(C)=CCC12CC3CC(CC(C3)C1)C2. The second-order valence-corrected chi connectivity index (χ2v) is 6.90. The molecule has 4 rings (SSSR count). The minimum Gasteiger partial charge on any atom is -0.0853 e. The second-order valence-electron chi connectivity index (χ2n) is 6.90. The summed E-state index contributed by atoms with van der Waals surface area (Å²) >= 11 is 0. The first-order valence-electron chi connectivity index (χ1n) is 6.79. The Bertz CT molecular complexity index is 245. The van der Waals surface area contributed by atoms with E-state index in [1.165, 1.54) is 12.0 Å². The molecule has 0 aromatic rings. The molecule has 0 radical (unpaired) electrons. The molecule has 0 N–H and O–H groups in total. The van der Waals surface area contributed by atoms with Gasteiger partial charge in [-0.25, -0.2) is 0 Å². The average Bonchev–Trinajstić information content (AvgIpc) is 2.12. The van der Waals surface area contributed by atoms with E-state index in [2.05, 4.69) is 19.9 Å². The third-order valence-corrected chi connectivity index (χ3v) is 5.11. The summed E-state index contributed by atoms with van der Waals surface area (Å²) in [5.74, 6) is 3.34. The Kier molecular flexibility index (Phi) is 2.23. The van der Waals surface area contributed by atoms with Crippen LogP contribution in [0, 0.1) is 23.2 Å². The monoisotopic (exact) mass is 204 g/mol. The van der Waals surface area contributed by atoms with Gasteiger partial charge in [0, 0.05) is 0 Å². The van der Waals surface area contributed by atoms with Crippen LogP contribution in [0.15, 0.2) is 11.6 Å². The summed E-state index contributed by atoms with van der Waals surface area (Å²) in [6.45, 7) is 4.50. The standard InChI is InChI=1S/C15H24/c1-11(2)3-4-15-8-12-5-13(9-15)7-14(6-12)10-15/h3,12-14H,4-10H2,1-2H3. The van der Waals surface area contributed by atoms with Crippen molar-refractivity contribution in [2.24, 2.45) is 23.2 Å². The molecule has 84 valence electrons. The summed E-state index contributed by atoms with van der Waals surface area (Å²) in [5.41, 5.74) is 2.28. The highest BCUT2D eigenvalue weighted by atomic mass is 14.5. The van der Waals surface area contributed by atoms with Crippen molar-refractivity contribution in [3.05, 3.63) is 11.6 Å². The lowest BCUT2D eigenvalue weighted by atomic mass is 9.49. The average molecular weight is 204 g/mol. The topological polar surface area (TPSA) is 0 Å². The van der Waals surface area contributed by atoms with E-state index in [0.29, 0.717) is 0 Å². The molecule has 0 spiro atoms. The van der Waals surface area contributed by atoms with Crippen LogP contribution in [0.4, 0.5) is 0 Å². The van der Waals surface area contributed by atoms with E-state index in [0.717, 1.165) is 23.2 Å². The van der Waals surface area contributed by atoms with Gasteiger partial charge in [-0.05, 0) is 82.0 Å². The van der Waals surface area contributed by atoms with Gasteiger partial charge in [-0.1, -0.05) is 11.6 Å². The predicted molar refractivity (Wildman–Crippen MR) is 64.7 cm³/mol.